The lowest BCUT2D eigenvalue weighted by Gasteiger charge is -2.13. The third-order valence-corrected chi connectivity index (χ3v) is 5.84. The summed E-state index contributed by atoms with van der Waals surface area (Å²) in [5, 5.41) is 2.58. The number of amides is 1. The highest BCUT2D eigenvalue weighted by molar-refractivity contribution is 7.92. The van der Waals surface area contributed by atoms with Crippen molar-refractivity contribution < 1.29 is 35.9 Å². The molecule has 0 saturated heterocycles. The number of halogens is 3. The second-order valence-electron chi connectivity index (χ2n) is 6.77. The van der Waals surface area contributed by atoms with Crippen molar-refractivity contribution in [2.75, 3.05) is 24.3 Å². The Morgan fingerprint density at radius 1 is 0.848 bits per heavy atom. The minimum absolute atomic E-state index is 0.161. The molecule has 0 fully saturated rings. The van der Waals surface area contributed by atoms with Crippen molar-refractivity contribution in [2.24, 2.45) is 0 Å². The minimum atomic E-state index is -4.62. The average Bonchev–Trinajstić information content (AvgIpc) is 2.78. The maximum Gasteiger partial charge on any atom is 0.416 e. The van der Waals surface area contributed by atoms with E-state index >= 15 is 0 Å². The van der Waals surface area contributed by atoms with Crippen molar-refractivity contribution in [1.29, 1.82) is 0 Å². The molecule has 0 atom stereocenters. The van der Waals surface area contributed by atoms with E-state index in [2.05, 4.69) is 10.0 Å². The zero-order valence-electron chi connectivity index (χ0n) is 17.4. The van der Waals surface area contributed by atoms with E-state index in [4.69, 9.17) is 9.47 Å². The van der Waals surface area contributed by atoms with Gasteiger partial charge in [-0.1, -0.05) is 12.1 Å². The summed E-state index contributed by atoms with van der Waals surface area (Å²) in [7, 11) is -1.36. The fraction of sp³-hybridized carbons (Fsp3) is 0.136. The van der Waals surface area contributed by atoms with Crippen LogP contribution in [-0.2, 0) is 16.2 Å². The van der Waals surface area contributed by atoms with Crippen molar-refractivity contribution in [3.8, 4) is 11.5 Å². The number of methoxy groups -OCH3 is 2. The highest BCUT2D eigenvalue weighted by Gasteiger charge is 2.30. The molecule has 0 aliphatic carbocycles. The smallest absolute Gasteiger partial charge is 0.416 e. The second-order valence-corrected chi connectivity index (χ2v) is 8.45. The van der Waals surface area contributed by atoms with Crippen LogP contribution in [-0.4, -0.2) is 28.5 Å². The van der Waals surface area contributed by atoms with Gasteiger partial charge in [-0.2, -0.15) is 13.2 Å². The summed E-state index contributed by atoms with van der Waals surface area (Å²) in [6.45, 7) is 0. The molecule has 0 aromatic heterocycles. The Bertz CT molecular complexity index is 1250. The number of hydrogen-bond donors (Lipinski definition) is 2. The molecule has 0 spiro atoms. The van der Waals surface area contributed by atoms with Crippen LogP contribution in [0.5, 0.6) is 11.5 Å². The van der Waals surface area contributed by atoms with Gasteiger partial charge < -0.3 is 14.8 Å². The summed E-state index contributed by atoms with van der Waals surface area (Å²) in [6.07, 6.45) is -4.62. The molecule has 3 aromatic carbocycles. The number of nitrogens with one attached hydrogen (secondary N) is 2. The number of benzene rings is 3. The number of anilines is 2. The number of rotatable bonds is 7. The molecule has 2 N–H and O–H groups in total. The Hall–Kier alpha value is -3.73. The zero-order valence-corrected chi connectivity index (χ0v) is 18.3. The molecule has 0 heterocycles. The lowest BCUT2D eigenvalue weighted by Crippen LogP contribution is -2.15. The summed E-state index contributed by atoms with van der Waals surface area (Å²) in [4.78, 5) is 12.4. The van der Waals surface area contributed by atoms with E-state index in [1.165, 1.54) is 56.7 Å². The van der Waals surface area contributed by atoms with Gasteiger partial charge in [0.1, 0.15) is 11.5 Å². The van der Waals surface area contributed by atoms with E-state index in [0.717, 1.165) is 12.1 Å². The molecular weight excluding hydrogens is 461 g/mol. The number of sulfonamides is 1. The Balaban J connectivity index is 1.83. The molecule has 0 bridgehead atoms. The van der Waals surface area contributed by atoms with E-state index < -0.39 is 27.7 Å². The molecule has 33 heavy (non-hydrogen) atoms. The van der Waals surface area contributed by atoms with Gasteiger partial charge in [-0.15, -0.1) is 0 Å². The lowest BCUT2D eigenvalue weighted by atomic mass is 10.2. The highest BCUT2D eigenvalue weighted by atomic mass is 32.2. The molecule has 0 aliphatic rings. The van der Waals surface area contributed by atoms with Gasteiger partial charge in [0.2, 0.25) is 0 Å². The van der Waals surface area contributed by atoms with Crippen LogP contribution >= 0.6 is 0 Å². The van der Waals surface area contributed by atoms with E-state index in [-0.39, 0.29) is 21.8 Å². The van der Waals surface area contributed by atoms with Gasteiger partial charge in [-0.25, -0.2) is 8.42 Å². The van der Waals surface area contributed by atoms with Crippen LogP contribution in [0.25, 0.3) is 0 Å². The van der Waals surface area contributed by atoms with Crippen molar-refractivity contribution >= 4 is 27.3 Å². The van der Waals surface area contributed by atoms with Crippen molar-refractivity contribution in [3.05, 3.63) is 77.9 Å². The van der Waals surface area contributed by atoms with Crippen LogP contribution in [0.3, 0.4) is 0 Å². The molecule has 7 nitrogen and oxygen atoms in total. The van der Waals surface area contributed by atoms with Crippen molar-refractivity contribution in [3.63, 3.8) is 0 Å². The number of hydrogen-bond acceptors (Lipinski definition) is 5. The molecule has 174 valence electrons. The first-order valence-corrected chi connectivity index (χ1v) is 10.8. The van der Waals surface area contributed by atoms with Gasteiger partial charge >= 0.3 is 6.18 Å². The van der Waals surface area contributed by atoms with Crippen LogP contribution in [0.2, 0.25) is 0 Å². The van der Waals surface area contributed by atoms with E-state index in [1.807, 2.05) is 0 Å². The maximum absolute atomic E-state index is 12.9. The van der Waals surface area contributed by atoms with Gasteiger partial charge in [-0.3, -0.25) is 9.52 Å². The SMILES string of the molecule is COc1cc(OC)cc(C(=O)Nc2cccc(S(=O)(=O)Nc3cccc(C(F)(F)F)c3)c2)c1. The van der Waals surface area contributed by atoms with Crippen molar-refractivity contribution in [2.45, 2.75) is 11.1 Å². The maximum atomic E-state index is 12.9. The van der Waals surface area contributed by atoms with Gasteiger partial charge in [0, 0.05) is 23.0 Å². The van der Waals surface area contributed by atoms with Gasteiger partial charge in [0.15, 0.2) is 0 Å². The van der Waals surface area contributed by atoms with Gasteiger partial charge in [0.25, 0.3) is 15.9 Å². The Kier molecular flexibility index (Phi) is 6.82. The lowest BCUT2D eigenvalue weighted by molar-refractivity contribution is -0.137. The largest absolute Gasteiger partial charge is 0.497 e. The average molecular weight is 480 g/mol. The summed E-state index contributed by atoms with van der Waals surface area (Å²) < 4.78 is 76.5. The first-order valence-electron chi connectivity index (χ1n) is 9.36. The summed E-state index contributed by atoms with van der Waals surface area (Å²) in [6, 6.07) is 13.7. The number of carbonyl (C=O) groups excluding carboxylic acids is 1. The van der Waals surface area contributed by atoms with Crippen LogP contribution < -0.4 is 19.5 Å². The Labute approximate surface area is 188 Å². The Morgan fingerprint density at radius 3 is 2.06 bits per heavy atom. The predicted molar refractivity (Wildman–Crippen MR) is 116 cm³/mol. The molecule has 0 saturated carbocycles. The summed E-state index contributed by atoms with van der Waals surface area (Å²) in [5.74, 6) is 0.231. The minimum Gasteiger partial charge on any atom is -0.497 e. The first-order chi connectivity index (χ1) is 15.5. The molecule has 1 amide bonds. The molecule has 0 unspecified atom stereocenters. The fourth-order valence-electron chi connectivity index (χ4n) is 2.86. The molecule has 0 aliphatic heterocycles. The number of carbonyl (C=O) groups is 1. The van der Waals surface area contributed by atoms with E-state index in [0.29, 0.717) is 17.6 Å². The third-order valence-electron chi connectivity index (χ3n) is 4.46. The molecule has 11 heteroatoms. The normalized spacial score (nSPS) is 11.5. The standard InChI is InChI=1S/C22H19F3N2O5S/c1-31-18-9-14(10-19(13-18)32-2)21(28)26-16-6-4-8-20(12-16)33(29,30)27-17-7-3-5-15(11-17)22(23,24)25/h3-13,27H,1-2H3,(H,26,28). The van der Waals surface area contributed by atoms with Crippen LogP contribution in [0, 0.1) is 0 Å². The topological polar surface area (TPSA) is 93.7 Å². The fourth-order valence-corrected chi connectivity index (χ4v) is 3.95. The van der Waals surface area contributed by atoms with Gasteiger partial charge in [-0.05, 0) is 48.5 Å². The third kappa shape index (κ3) is 5.95. The molecule has 0 radical (unpaired) electrons. The molecule has 3 rings (SSSR count). The quantitative estimate of drug-likeness (QED) is 0.508. The van der Waals surface area contributed by atoms with E-state index in [1.54, 1.807) is 6.07 Å². The second kappa shape index (κ2) is 9.41. The highest BCUT2D eigenvalue weighted by Crippen LogP contribution is 2.31. The van der Waals surface area contributed by atoms with Crippen LogP contribution in [0.4, 0.5) is 24.5 Å². The zero-order chi connectivity index (χ0) is 24.2. The number of ether oxygens (including phenoxy) is 2. The van der Waals surface area contributed by atoms with Gasteiger partial charge in [0.05, 0.1) is 24.7 Å². The first kappa shape index (κ1) is 23.9. The van der Waals surface area contributed by atoms with Crippen molar-refractivity contribution in [1.82, 2.24) is 0 Å². The van der Waals surface area contributed by atoms with E-state index in [9.17, 15) is 26.4 Å². The van der Waals surface area contributed by atoms with Crippen LogP contribution in [0.1, 0.15) is 15.9 Å². The summed E-state index contributed by atoms with van der Waals surface area (Å²) in [5.41, 5.74) is -0.865. The molecular formula is C22H19F3N2O5S. The monoisotopic (exact) mass is 480 g/mol. The summed E-state index contributed by atoms with van der Waals surface area (Å²) >= 11 is 0. The predicted octanol–water partition coefficient (Wildman–Crippen LogP) is 4.78. The molecule has 3 aromatic rings. The number of alkyl halides is 3. The van der Waals surface area contributed by atoms with Crippen LogP contribution in [0.15, 0.2) is 71.6 Å². The Morgan fingerprint density at radius 2 is 1.45 bits per heavy atom.